The monoisotopic (exact) mass is 706 g/mol. The molecule has 0 spiro atoms. The van der Waals surface area contributed by atoms with E-state index in [-0.39, 0.29) is 23.4 Å². The zero-order valence-corrected chi connectivity index (χ0v) is 28.5. The minimum atomic E-state index is -3.24. The summed E-state index contributed by atoms with van der Waals surface area (Å²) in [6.45, 7) is -2.23. The number of non-ortho nitro benzene ring substituents is 1. The molecule has 1 fully saturated rings. The lowest BCUT2D eigenvalue weighted by atomic mass is 9.89. The summed E-state index contributed by atoms with van der Waals surface area (Å²) in [5, 5.41) is 20.6. The van der Waals surface area contributed by atoms with Crippen LogP contribution in [0.15, 0.2) is 134 Å². The molecule has 0 N–H and O–H groups in total. The molecular weight excluding hydrogens is 675 g/mol. The Labute approximate surface area is 293 Å². The van der Waals surface area contributed by atoms with Crippen molar-refractivity contribution < 1.29 is 28.8 Å². The average Bonchev–Trinajstić information content (AvgIpc) is 3.15. The van der Waals surface area contributed by atoms with Gasteiger partial charge < -0.3 is 9.47 Å². The molecule has 4 aromatic carbocycles. The summed E-state index contributed by atoms with van der Waals surface area (Å²) in [6, 6.07) is 37.3. The summed E-state index contributed by atoms with van der Waals surface area (Å²) >= 11 is 4.91. The van der Waals surface area contributed by atoms with Gasteiger partial charge in [-0.15, -0.1) is 0 Å². The van der Waals surface area contributed by atoms with Crippen molar-refractivity contribution in [3.63, 3.8) is 0 Å². The van der Waals surface area contributed by atoms with E-state index in [0.717, 1.165) is 15.9 Å². The van der Waals surface area contributed by atoms with Crippen LogP contribution in [0.5, 0.6) is 0 Å². The van der Waals surface area contributed by atoms with Gasteiger partial charge in [0.05, 0.1) is 10.3 Å². The Morgan fingerprint density at radius 3 is 1.84 bits per heavy atom. The number of thiol groups is 1. The smallest absolute Gasteiger partial charge is 0.356 e. The number of ether oxygens (including phenoxy) is 2. The van der Waals surface area contributed by atoms with Gasteiger partial charge in [-0.1, -0.05) is 91.0 Å². The second kappa shape index (κ2) is 14.9. The number of nitro groups is 1. The first-order chi connectivity index (χ1) is 24.2. The molecule has 0 radical (unpaired) electrons. The van der Waals surface area contributed by atoms with Gasteiger partial charge in [-0.25, -0.2) is 4.79 Å². The van der Waals surface area contributed by atoms with Crippen LogP contribution >= 0.6 is 19.5 Å². The fourth-order valence-electron chi connectivity index (χ4n) is 6.07. The fraction of sp³-hybridized carbons (Fsp3) is 0.135. The Balaban J connectivity index is 1.58. The maximum absolute atomic E-state index is 14.8. The molecule has 0 bridgehead atoms. The zero-order chi connectivity index (χ0) is 35.3. The molecule has 5 aromatic rings. The molecule has 1 saturated heterocycles. The van der Waals surface area contributed by atoms with Gasteiger partial charge in [0.25, 0.3) is 5.69 Å². The predicted molar refractivity (Wildman–Crippen MR) is 193 cm³/mol. The molecular formula is C37H31N4O7PS. The van der Waals surface area contributed by atoms with Crippen LogP contribution in [0.3, 0.4) is 0 Å². The average molecular weight is 707 g/mol. The van der Waals surface area contributed by atoms with Crippen molar-refractivity contribution in [1.29, 1.82) is 0 Å². The molecule has 1 amide bonds. The van der Waals surface area contributed by atoms with Crippen molar-refractivity contribution in [3.05, 3.63) is 155 Å². The SMILES string of the molecule is CC(=O)OC(c1cccnn1)C1C(=O)N(C(C(=O)OCc2ccc([N+](=O)[O-])cc2)=P(c2ccccc2)(c2ccccc2)c2ccccc2)C1S. The number of nitro benzene ring substituents is 1. The van der Waals surface area contributed by atoms with Gasteiger partial charge in [0, 0.05) is 32.1 Å². The maximum Gasteiger partial charge on any atom is 0.356 e. The normalized spacial score (nSPS) is 16.1. The van der Waals surface area contributed by atoms with Crippen LogP contribution in [0, 0.1) is 16.0 Å². The number of aromatic nitrogens is 2. The summed E-state index contributed by atoms with van der Waals surface area (Å²) < 4.78 is 11.6. The molecule has 3 atom stereocenters. The second-order valence-electron chi connectivity index (χ2n) is 11.3. The third kappa shape index (κ3) is 6.55. The van der Waals surface area contributed by atoms with Gasteiger partial charge >= 0.3 is 11.9 Å². The van der Waals surface area contributed by atoms with E-state index < -0.39 is 47.1 Å². The molecule has 0 saturated carbocycles. The summed E-state index contributed by atoms with van der Waals surface area (Å²) in [4.78, 5) is 53.8. The molecule has 0 aliphatic carbocycles. The van der Waals surface area contributed by atoms with E-state index in [4.69, 9.17) is 22.1 Å². The van der Waals surface area contributed by atoms with Gasteiger partial charge in [-0.2, -0.15) is 22.8 Å². The molecule has 13 heteroatoms. The Morgan fingerprint density at radius 1 is 0.860 bits per heavy atom. The molecule has 2 heterocycles. The number of β-lactam (4-membered cyclic amide) rings is 1. The van der Waals surface area contributed by atoms with Crippen LogP contribution in [0.1, 0.15) is 24.3 Å². The van der Waals surface area contributed by atoms with Crippen molar-refractivity contribution >= 4 is 64.4 Å². The number of likely N-dealkylation sites (tertiary alicyclic amines) is 1. The fourth-order valence-corrected chi connectivity index (χ4v) is 11.0. The van der Waals surface area contributed by atoms with Crippen molar-refractivity contribution in [2.75, 3.05) is 0 Å². The van der Waals surface area contributed by atoms with Gasteiger partial charge in [-0.3, -0.25) is 24.6 Å². The lowest BCUT2D eigenvalue weighted by Gasteiger charge is -2.49. The van der Waals surface area contributed by atoms with E-state index >= 15 is 0 Å². The number of hydrogen-bond acceptors (Lipinski definition) is 10. The van der Waals surface area contributed by atoms with Crippen molar-refractivity contribution in [3.8, 4) is 0 Å². The highest BCUT2D eigenvalue weighted by atomic mass is 32.1. The lowest BCUT2D eigenvalue weighted by molar-refractivity contribution is -0.384. The first kappa shape index (κ1) is 34.3. The molecule has 252 valence electrons. The van der Waals surface area contributed by atoms with Crippen molar-refractivity contribution in [2.45, 2.75) is 25.0 Å². The molecule has 1 aromatic heterocycles. The van der Waals surface area contributed by atoms with Crippen LogP contribution < -0.4 is 15.9 Å². The summed E-state index contributed by atoms with van der Waals surface area (Å²) in [7, 11) is 0. The van der Waals surface area contributed by atoms with E-state index in [1.807, 2.05) is 91.0 Å². The topological polar surface area (TPSA) is 142 Å². The van der Waals surface area contributed by atoms with Gasteiger partial charge in [0.1, 0.15) is 23.6 Å². The largest absolute Gasteiger partial charge is 0.456 e. The highest BCUT2D eigenvalue weighted by molar-refractivity contribution is 7.96. The Morgan fingerprint density at radius 2 is 1.40 bits per heavy atom. The highest BCUT2D eigenvalue weighted by Gasteiger charge is 2.57. The predicted octanol–water partition coefficient (Wildman–Crippen LogP) is 4.57. The lowest BCUT2D eigenvalue weighted by Crippen LogP contribution is -2.65. The molecule has 1 aliphatic heterocycles. The van der Waals surface area contributed by atoms with Crippen LogP contribution in [-0.4, -0.2) is 48.7 Å². The number of rotatable bonds is 11. The number of esters is 2. The van der Waals surface area contributed by atoms with Gasteiger partial charge in [0.2, 0.25) is 5.91 Å². The first-order valence-corrected chi connectivity index (χ1v) is 17.8. The van der Waals surface area contributed by atoms with Crippen LogP contribution in [0.25, 0.3) is 0 Å². The Bertz CT molecular complexity index is 1970. The van der Waals surface area contributed by atoms with E-state index in [0.29, 0.717) is 5.56 Å². The summed E-state index contributed by atoms with van der Waals surface area (Å²) in [6.07, 6.45) is 0.342. The minimum absolute atomic E-state index is 0.0741. The van der Waals surface area contributed by atoms with E-state index in [1.165, 1.54) is 42.3 Å². The van der Waals surface area contributed by atoms with Crippen molar-refractivity contribution in [1.82, 2.24) is 15.1 Å². The van der Waals surface area contributed by atoms with Crippen LogP contribution in [0.2, 0.25) is 0 Å². The molecule has 6 rings (SSSR count). The number of carbonyl (C=O) groups is 3. The summed E-state index contributed by atoms with van der Waals surface area (Å²) in [5.41, 5.74) is 0.747. The number of amides is 1. The standard InChI is InChI=1S/C37H31N4O7PS/c1-25(42)48-33(31-18-11-23-38-39-31)32-34(43)40(36(32)50)35(37(44)47-24-26-19-21-27(22-20-26)41(45)46)49(28-12-5-2-6-13-28,29-14-7-3-8-15-29)30-16-9-4-10-17-30/h2-23,32-33,36,50H,24H2,1H3. The molecule has 3 unspecified atom stereocenters. The Kier molecular flexibility index (Phi) is 10.2. The number of hydrogen-bond donors (Lipinski definition) is 1. The molecule has 50 heavy (non-hydrogen) atoms. The van der Waals surface area contributed by atoms with Gasteiger partial charge in [-0.05, 0) is 45.7 Å². The van der Waals surface area contributed by atoms with E-state index in [1.54, 1.807) is 12.1 Å². The van der Waals surface area contributed by atoms with Crippen LogP contribution in [-0.2, 0) is 30.5 Å². The van der Waals surface area contributed by atoms with Crippen molar-refractivity contribution in [2.24, 2.45) is 5.92 Å². The zero-order valence-electron chi connectivity index (χ0n) is 26.7. The third-order valence-corrected chi connectivity index (χ3v) is 13.1. The number of nitrogens with zero attached hydrogens (tertiary/aromatic N) is 4. The molecule has 11 nitrogen and oxygen atoms in total. The van der Waals surface area contributed by atoms with E-state index in [2.05, 4.69) is 10.2 Å². The number of carbonyl (C=O) groups excluding carboxylic acids is 3. The first-order valence-electron chi connectivity index (χ1n) is 15.5. The molecule has 1 aliphatic rings. The maximum atomic E-state index is 14.8. The van der Waals surface area contributed by atoms with E-state index in [9.17, 15) is 24.5 Å². The highest BCUT2D eigenvalue weighted by Crippen LogP contribution is 2.51. The quantitative estimate of drug-likeness (QED) is 0.0522. The second-order valence-corrected chi connectivity index (χ2v) is 15.2. The third-order valence-electron chi connectivity index (χ3n) is 8.29. The summed E-state index contributed by atoms with van der Waals surface area (Å²) in [5.74, 6) is -2.93. The number of benzene rings is 4. The van der Waals surface area contributed by atoms with Crippen LogP contribution in [0.4, 0.5) is 5.69 Å². The Hall–Kier alpha value is -5.58. The minimum Gasteiger partial charge on any atom is -0.456 e. The van der Waals surface area contributed by atoms with Gasteiger partial charge in [0.15, 0.2) is 6.10 Å².